The van der Waals surface area contributed by atoms with Crippen LogP contribution in [-0.2, 0) is 0 Å². The molecule has 1 aromatic heterocycles. The van der Waals surface area contributed by atoms with Crippen molar-refractivity contribution in [2.24, 2.45) is 0 Å². The lowest BCUT2D eigenvalue weighted by Gasteiger charge is -2.11. The fourth-order valence-electron chi connectivity index (χ4n) is 4.82. The summed E-state index contributed by atoms with van der Waals surface area (Å²) in [6.45, 7) is 0. The molecular formula is C32H21N. The molecule has 0 bridgehead atoms. The SMILES string of the molecule is [2H]c1c([2H])c([2H])c(-c2ccc3c4c2ccc2c(-c5c([2H])c([2H])c([2H])c([2H])c5[2H])ccc(c24)n3-c2ccccc2)c([2H])c1[2H]. The first-order valence-corrected chi connectivity index (χ1v) is 10.6. The maximum absolute atomic E-state index is 8.63. The Bertz CT molecular complexity index is 2090. The molecule has 0 amide bonds. The van der Waals surface area contributed by atoms with Crippen molar-refractivity contribution in [2.45, 2.75) is 0 Å². The number of rotatable bonds is 3. The number of hydrogen-bond donors (Lipinski definition) is 0. The zero-order valence-electron chi connectivity index (χ0n) is 27.3. The van der Waals surface area contributed by atoms with Crippen LogP contribution in [0.5, 0.6) is 0 Å². The van der Waals surface area contributed by atoms with Crippen LogP contribution in [0.15, 0.2) is 127 Å². The molecule has 0 aliphatic rings. The van der Waals surface area contributed by atoms with Gasteiger partial charge in [0.15, 0.2) is 0 Å². The van der Waals surface area contributed by atoms with Gasteiger partial charge in [0.05, 0.1) is 24.7 Å². The van der Waals surface area contributed by atoms with Crippen LogP contribution in [0.3, 0.4) is 0 Å². The zero-order valence-corrected chi connectivity index (χ0v) is 17.3. The van der Waals surface area contributed by atoms with Crippen LogP contribution in [0.1, 0.15) is 13.7 Å². The van der Waals surface area contributed by atoms with E-state index in [0.717, 1.165) is 27.5 Å². The Morgan fingerprint density at radius 1 is 0.485 bits per heavy atom. The van der Waals surface area contributed by atoms with E-state index in [-0.39, 0.29) is 35.3 Å². The lowest BCUT2D eigenvalue weighted by molar-refractivity contribution is 1.18. The van der Waals surface area contributed by atoms with E-state index in [0.29, 0.717) is 21.9 Å². The molecule has 0 spiro atoms. The quantitative estimate of drug-likeness (QED) is 0.248. The second-order valence-electron chi connectivity index (χ2n) is 7.85. The smallest absolute Gasteiger partial charge is 0.0629 e. The molecule has 154 valence electrons. The molecule has 1 heterocycles. The van der Waals surface area contributed by atoms with E-state index in [4.69, 9.17) is 13.7 Å². The monoisotopic (exact) mass is 429 g/mol. The lowest BCUT2D eigenvalue weighted by atomic mass is 9.91. The van der Waals surface area contributed by atoms with Gasteiger partial charge in [0.2, 0.25) is 0 Å². The molecule has 7 aromatic rings. The molecule has 0 aliphatic heterocycles. The fraction of sp³-hybridized carbons (Fsp3) is 0. The summed E-state index contributed by atoms with van der Waals surface area (Å²) in [4.78, 5) is 0. The molecule has 0 aliphatic carbocycles. The number of nitrogens with zero attached hydrogens (tertiary/aromatic N) is 1. The highest BCUT2D eigenvalue weighted by atomic mass is 15.0. The second kappa shape index (κ2) is 7.08. The van der Waals surface area contributed by atoms with Crippen LogP contribution in [0, 0.1) is 0 Å². The summed E-state index contributed by atoms with van der Waals surface area (Å²) in [5.74, 6) is 0. The van der Waals surface area contributed by atoms with Crippen molar-refractivity contribution < 1.29 is 13.7 Å². The molecular weight excluding hydrogens is 398 g/mol. The molecule has 33 heavy (non-hydrogen) atoms. The topological polar surface area (TPSA) is 4.93 Å². The molecule has 0 N–H and O–H groups in total. The molecule has 0 unspecified atom stereocenters. The van der Waals surface area contributed by atoms with Crippen LogP contribution >= 0.6 is 0 Å². The molecule has 1 nitrogen and oxygen atoms in total. The fourth-order valence-corrected chi connectivity index (χ4v) is 4.82. The highest BCUT2D eigenvalue weighted by molar-refractivity contribution is 6.28. The van der Waals surface area contributed by atoms with E-state index in [9.17, 15) is 0 Å². The van der Waals surface area contributed by atoms with Gasteiger partial charge < -0.3 is 4.57 Å². The Labute approximate surface area is 206 Å². The van der Waals surface area contributed by atoms with Crippen molar-refractivity contribution in [3.63, 3.8) is 0 Å². The van der Waals surface area contributed by atoms with E-state index in [1.165, 1.54) is 0 Å². The van der Waals surface area contributed by atoms with Crippen molar-refractivity contribution in [3.05, 3.63) is 127 Å². The third-order valence-electron chi connectivity index (χ3n) is 6.15. The molecule has 1 heteroatoms. The van der Waals surface area contributed by atoms with Gasteiger partial charge in [-0.15, -0.1) is 0 Å². The third kappa shape index (κ3) is 2.66. The summed E-state index contributed by atoms with van der Waals surface area (Å²) in [5.41, 5.74) is 3.66. The number of para-hydroxylation sites is 1. The van der Waals surface area contributed by atoms with Gasteiger partial charge in [-0.3, -0.25) is 0 Å². The van der Waals surface area contributed by atoms with Gasteiger partial charge in [0.25, 0.3) is 0 Å². The Morgan fingerprint density at radius 2 is 0.970 bits per heavy atom. The standard InChI is InChI=1S/C32H21N/c1-4-10-22(11-5-1)25-18-20-29-31-27(25)16-17-28-26(23-12-6-2-7-13-23)19-21-30(32(28)31)33(29)24-14-8-3-9-15-24/h1-21H/i1D,2D,4D,5D,6D,7D,10D,11D,12D,13D. The highest BCUT2D eigenvalue weighted by Crippen LogP contribution is 2.44. The number of hydrogen-bond acceptors (Lipinski definition) is 0. The summed E-state index contributed by atoms with van der Waals surface area (Å²) < 4.78 is 85.6. The first-order chi connectivity index (χ1) is 20.5. The van der Waals surface area contributed by atoms with Crippen molar-refractivity contribution >= 4 is 32.6 Å². The molecule has 0 saturated heterocycles. The Hall–Kier alpha value is -4.36. The first-order valence-electron chi connectivity index (χ1n) is 15.6. The summed E-state index contributed by atoms with van der Waals surface area (Å²) in [5, 5.41) is 2.88. The van der Waals surface area contributed by atoms with Gasteiger partial charge in [-0.05, 0) is 57.3 Å². The van der Waals surface area contributed by atoms with Crippen LogP contribution < -0.4 is 0 Å². The molecule has 0 fully saturated rings. The van der Waals surface area contributed by atoms with E-state index < -0.39 is 36.3 Å². The van der Waals surface area contributed by atoms with Crippen LogP contribution in [0.4, 0.5) is 0 Å². The zero-order chi connectivity index (χ0) is 30.5. The summed E-state index contributed by atoms with van der Waals surface area (Å²) in [6.07, 6.45) is 0. The van der Waals surface area contributed by atoms with Gasteiger partial charge in [0, 0.05) is 16.5 Å². The molecule has 0 saturated carbocycles. The van der Waals surface area contributed by atoms with Gasteiger partial charge in [-0.1, -0.05) is 103 Å². The molecule has 7 rings (SSSR count). The second-order valence-corrected chi connectivity index (χ2v) is 7.85. The largest absolute Gasteiger partial charge is 0.309 e. The van der Waals surface area contributed by atoms with E-state index in [2.05, 4.69) is 4.57 Å². The van der Waals surface area contributed by atoms with Crippen molar-refractivity contribution in [1.82, 2.24) is 4.57 Å². The Balaban J connectivity index is 1.67. The Morgan fingerprint density at radius 3 is 1.45 bits per heavy atom. The predicted octanol–water partition coefficient (Wildman–Crippen LogP) is 8.71. The maximum atomic E-state index is 8.63. The third-order valence-corrected chi connectivity index (χ3v) is 6.15. The summed E-state index contributed by atoms with van der Waals surface area (Å²) in [7, 11) is 0. The normalized spacial score (nSPS) is 15.9. The van der Waals surface area contributed by atoms with Gasteiger partial charge in [-0.25, -0.2) is 0 Å². The van der Waals surface area contributed by atoms with Crippen molar-refractivity contribution in [2.75, 3.05) is 0 Å². The molecule has 6 aromatic carbocycles. The van der Waals surface area contributed by atoms with E-state index in [1.54, 1.807) is 12.1 Å². The van der Waals surface area contributed by atoms with Crippen molar-refractivity contribution in [3.8, 4) is 27.9 Å². The lowest BCUT2D eigenvalue weighted by Crippen LogP contribution is -1.93. The van der Waals surface area contributed by atoms with Crippen LogP contribution in [0.2, 0.25) is 0 Å². The van der Waals surface area contributed by atoms with Crippen LogP contribution in [0.25, 0.3) is 60.5 Å². The minimum atomic E-state index is -0.463. The first kappa shape index (κ1) is 11.0. The highest BCUT2D eigenvalue weighted by Gasteiger charge is 2.20. The molecule has 0 radical (unpaired) electrons. The van der Waals surface area contributed by atoms with E-state index >= 15 is 0 Å². The Kier molecular flexibility index (Phi) is 2.36. The summed E-state index contributed by atoms with van der Waals surface area (Å²) in [6, 6.07) is 16.8. The van der Waals surface area contributed by atoms with Gasteiger partial charge in [0.1, 0.15) is 0 Å². The van der Waals surface area contributed by atoms with Crippen LogP contribution in [-0.4, -0.2) is 4.57 Å². The minimum absolute atomic E-state index is 0.0957. The van der Waals surface area contributed by atoms with Gasteiger partial charge in [-0.2, -0.15) is 0 Å². The average molecular weight is 430 g/mol. The molecule has 0 atom stereocenters. The predicted molar refractivity (Wildman–Crippen MR) is 140 cm³/mol. The van der Waals surface area contributed by atoms with E-state index in [1.807, 2.05) is 54.6 Å². The number of aromatic nitrogens is 1. The van der Waals surface area contributed by atoms with Gasteiger partial charge >= 0.3 is 0 Å². The summed E-state index contributed by atoms with van der Waals surface area (Å²) >= 11 is 0. The number of benzene rings is 6. The van der Waals surface area contributed by atoms with Crippen molar-refractivity contribution in [1.29, 1.82) is 0 Å². The maximum Gasteiger partial charge on any atom is 0.0629 e. The average Bonchev–Trinajstić information content (AvgIpc) is 3.36. The minimum Gasteiger partial charge on any atom is -0.309 e.